The second-order valence-corrected chi connectivity index (χ2v) is 30.7. The topological polar surface area (TPSA) is 330 Å². The number of carbonyl (C=O) groups is 1. The van der Waals surface area contributed by atoms with Crippen molar-refractivity contribution in [3.63, 3.8) is 0 Å². The zero-order valence-corrected chi connectivity index (χ0v) is 74.1. The van der Waals surface area contributed by atoms with Crippen molar-refractivity contribution in [1.29, 1.82) is 0 Å². The number of aromatic nitrogens is 7. The molecule has 0 aliphatic carbocycles. The molecule has 22 nitrogen and oxygen atoms in total. The largest absolute Gasteiger partial charge is 0.389 e. The van der Waals surface area contributed by atoms with Crippen LogP contribution >= 0.6 is 63.7 Å². The van der Waals surface area contributed by atoms with Gasteiger partial charge in [0.05, 0.1) is 30.3 Å². The van der Waals surface area contributed by atoms with E-state index in [9.17, 15) is 38.4 Å². The molecule has 0 saturated heterocycles. The predicted octanol–water partition coefficient (Wildman–Crippen LogP) is 17.2. The zero-order valence-electron chi connectivity index (χ0n) is 67.7. The summed E-state index contributed by atoms with van der Waals surface area (Å²) in [7, 11) is 0. The lowest BCUT2D eigenvalue weighted by Gasteiger charge is -2.15. The van der Waals surface area contributed by atoms with E-state index in [0.29, 0.717) is 28.1 Å². The lowest BCUT2D eigenvalue weighted by Crippen LogP contribution is -2.28. The van der Waals surface area contributed by atoms with Gasteiger partial charge in [-0.15, -0.1) is 0 Å². The van der Waals surface area contributed by atoms with Gasteiger partial charge in [-0.1, -0.05) is 203 Å². The number of rotatable bonds is 14. The first-order chi connectivity index (χ1) is 56.8. The van der Waals surface area contributed by atoms with Crippen molar-refractivity contribution >= 4 is 81.9 Å². The van der Waals surface area contributed by atoms with Crippen molar-refractivity contribution in [2.24, 2.45) is 5.73 Å². The molecule has 6 atom stereocenters. The number of halogens is 4. The van der Waals surface area contributed by atoms with E-state index in [1.807, 2.05) is 214 Å². The van der Waals surface area contributed by atoms with Crippen LogP contribution in [-0.2, 0) is 32.3 Å². The number of amides is 1. The van der Waals surface area contributed by atoms with Crippen molar-refractivity contribution in [2.75, 3.05) is 0 Å². The third kappa shape index (κ3) is 35.0. The third-order valence-electron chi connectivity index (χ3n) is 17.9. The maximum atomic E-state index is 12.4. The molecular formula is C93H97Br4N9O13. The predicted molar refractivity (Wildman–Crippen MR) is 482 cm³/mol. The number of aliphatic hydroxyl groups excluding tert-OH is 1. The highest BCUT2D eigenvalue weighted by Gasteiger charge is 2.15. The molecule has 13 rings (SSSR count). The number of hydrogen-bond donors (Lipinski definition) is 6. The monoisotopic (exact) mass is 1860 g/mol. The molecule has 7 heterocycles. The Morgan fingerprint density at radius 1 is 0.412 bits per heavy atom. The standard InChI is InChI=1S/C22H23N3O3.C14H15NO.C13H12BrNO.C13H13NO.C8H8Br2.C8H9BrO.C8H12N2O.C5H5NO.2CO2/c1-14-12-15(2)24-22(28)19(14)13-23-21(27)18-9-7-17(8-10-18)16(3)25-11-5-4-6-20(25)26;1-11-6-8-13(9-7-11)12(2)15-10-4-3-5-14(15)16;1-10(11-5-7-12(14)8-6-11)15-9-3-2-4-13(15)16;1-11(12-7-3-2-4-8-12)14-10-6-5-9-13(14)15;1-6(9)7-2-4-8(10)5-3-7;1-6(10)7-2-4-8(9)5-3-7;1-5-3-6(2)10-8(11)7(5)4-9;7-5-3-1-2-4-6-5;2*2-1-3/h4-12,16H,13H2,1-3H3,(H,23,27)(H,24,28);3-10,12H,1-2H3;2-10H,1H3;2-11H,1H3;2-6H,1H3;2-6,10H,1H3;3H,4,9H2,1-2H3,(H,10,11);1-4H,(H,6,7);;. The Balaban J connectivity index is 0.000000292. The summed E-state index contributed by atoms with van der Waals surface area (Å²) in [6.07, 6.45) is 8.94. The molecule has 0 radical (unpaired) electrons. The minimum Gasteiger partial charge on any atom is -0.389 e. The molecule has 1 amide bonds. The van der Waals surface area contributed by atoms with E-state index in [0.717, 1.165) is 63.8 Å². The average molecular weight is 1870 g/mol. The van der Waals surface area contributed by atoms with E-state index in [-0.39, 0.29) is 93.9 Å². The van der Waals surface area contributed by atoms with Crippen molar-refractivity contribution in [3.8, 4) is 0 Å². The molecule has 0 aliphatic heterocycles. The second kappa shape index (κ2) is 53.4. The number of hydrogen-bond acceptors (Lipinski definition) is 14. The fourth-order valence-electron chi connectivity index (χ4n) is 11.3. The molecule has 7 N–H and O–H groups in total. The van der Waals surface area contributed by atoms with Crippen LogP contribution in [0.5, 0.6) is 0 Å². The summed E-state index contributed by atoms with van der Waals surface area (Å²) in [6, 6.07) is 78.9. The maximum Gasteiger partial charge on any atom is 0.373 e. The van der Waals surface area contributed by atoms with Gasteiger partial charge in [0.15, 0.2) is 0 Å². The molecule has 0 bridgehead atoms. The van der Waals surface area contributed by atoms with Gasteiger partial charge in [0.25, 0.3) is 39.3 Å². The van der Waals surface area contributed by atoms with Crippen molar-refractivity contribution in [1.82, 2.24) is 38.5 Å². The van der Waals surface area contributed by atoms with E-state index in [1.54, 1.807) is 104 Å². The number of pyridine rings is 7. The lowest BCUT2D eigenvalue weighted by atomic mass is 10.1. The molecule has 0 spiro atoms. The number of alkyl halides is 1. The average Bonchev–Trinajstić information content (AvgIpc) is 0.885. The molecule has 0 fully saturated rings. The van der Waals surface area contributed by atoms with E-state index < -0.39 is 0 Å². The highest BCUT2D eigenvalue weighted by atomic mass is 79.9. The Morgan fingerprint density at radius 3 is 1.03 bits per heavy atom. The number of aryl methyl sites for hydroxylation is 5. The van der Waals surface area contributed by atoms with Crippen LogP contribution in [0.4, 0.5) is 0 Å². The molecule has 6 unspecified atom stereocenters. The van der Waals surface area contributed by atoms with Crippen LogP contribution in [0.1, 0.15) is 160 Å². The lowest BCUT2D eigenvalue weighted by molar-refractivity contribution is -0.193. The first-order valence-corrected chi connectivity index (χ1v) is 40.6. The van der Waals surface area contributed by atoms with Crippen LogP contribution in [0.15, 0.2) is 333 Å². The SMILES string of the molecule is CC(Br)c1ccc(Br)cc1.CC(O)c1ccc(Br)cc1.CC(c1ccc(Br)cc1)n1ccccc1=O.CC(c1ccccc1)n1ccccc1=O.Cc1cc(C)c(CN)c(=O)[nH]1.Cc1cc(C)c(CNC(=O)c2ccc(C(C)n3ccccc3=O)cc2)c(=O)[nH]1.Cc1ccc(C(C)n2ccccc2=O)cc1.O=C=O.O=C=O.O=c1cccc[nH]1. The Hall–Kier alpha value is -12.0. The van der Waals surface area contributed by atoms with E-state index in [1.165, 1.54) is 23.3 Å². The fourth-order valence-corrected chi connectivity index (χ4v) is 12.4. The minimum atomic E-state index is -0.368. The van der Waals surface area contributed by atoms with Crippen LogP contribution in [0.25, 0.3) is 0 Å². The van der Waals surface area contributed by atoms with Crippen molar-refractivity contribution in [2.45, 2.75) is 124 Å². The highest BCUT2D eigenvalue weighted by Crippen LogP contribution is 2.24. The van der Waals surface area contributed by atoms with Crippen LogP contribution < -0.4 is 50.0 Å². The number of nitrogens with zero attached hydrogens (tertiary/aromatic N) is 4. The van der Waals surface area contributed by atoms with Crippen LogP contribution in [0.3, 0.4) is 0 Å². The third-order valence-corrected chi connectivity index (χ3v) is 20.0. The summed E-state index contributed by atoms with van der Waals surface area (Å²) in [6.45, 7) is 21.8. The Bertz CT molecular complexity index is 5580. The van der Waals surface area contributed by atoms with Crippen LogP contribution in [0, 0.1) is 34.6 Å². The van der Waals surface area contributed by atoms with E-state index >= 15 is 0 Å². The summed E-state index contributed by atoms with van der Waals surface area (Å²) in [5.74, 6) is -0.254. The molecule has 0 saturated carbocycles. The van der Waals surface area contributed by atoms with Gasteiger partial charge in [0, 0.05) is 121 Å². The van der Waals surface area contributed by atoms with Crippen molar-refractivity contribution in [3.05, 3.63) is 450 Å². The number of nitrogens with one attached hydrogen (secondary N) is 4. The van der Waals surface area contributed by atoms with E-state index in [4.69, 9.17) is 30.0 Å². The maximum absolute atomic E-state index is 12.4. The summed E-state index contributed by atoms with van der Waals surface area (Å²) in [4.78, 5) is 134. The molecule has 620 valence electrons. The summed E-state index contributed by atoms with van der Waals surface area (Å²) in [5, 5.41) is 11.9. The number of benzene rings is 6. The van der Waals surface area contributed by atoms with Crippen molar-refractivity contribution < 1.29 is 29.1 Å². The van der Waals surface area contributed by atoms with Gasteiger partial charge in [0.1, 0.15) is 0 Å². The van der Waals surface area contributed by atoms with Gasteiger partial charge >= 0.3 is 12.3 Å². The number of nitrogens with two attached hydrogens (primary N) is 1. The first kappa shape index (κ1) is 99.4. The van der Waals surface area contributed by atoms with E-state index in [2.05, 4.69) is 134 Å². The smallest absolute Gasteiger partial charge is 0.373 e. The van der Waals surface area contributed by atoms with Gasteiger partial charge < -0.3 is 49.4 Å². The molecule has 0 aliphatic rings. The van der Waals surface area contributed by atoms with Gasteiger partial charge in [0.2, 0.25) is 5.56 Å². The number of carbonyl (C=O) groups excluding carboxylic acids is 5. The summed E-state index contributed by atoms with van der Waals surface area (Å²) in [5.41, 5.74) is 18.1. The number of H-pyrrole nitrogens is 3. The quantitative estimate of drug-likeness (QED) is 0.0552. The Kier molecular flexibility index (Phi) is 44.6. The number of aliphatic hydroxyl groups is 1. The summed E-state index contributed by atoms with van der Waals surface area (Å²) < 4.78 is 10.1. The zero-order chi connectivity index (χ0) is 88.1. The minimum absolute atomic E-state index is 0.0259. The van der Waals surface area contributed by atoms with Gasteiger partial charge in [-0.25, -0.2) is 0 Å². The van der Waals surface area contributed by atoms with Gasteiger partial charge in [-0.2, -0.15) is 19.2 Å². The van der Waals surface area contributed by atoms with Gasteiger partial charge in [-0.3, -0.25) is 38.4 Å². The normalized spacial score (nSPS) is 11.4. The van der Waals surface area contributed by atoms with Gasteiger partial charge in [-0.05, 0) is 212 Å². The molecular weight excluding hydrogens is 1770 g/mol. The van der Waals surface area contributed by atoms with Crippen LogP contribution in [-0.4, -0.2) is 56.5 Å². The second-order valence-electron chi connectivity index (χ2n) is 26.5. The molecule has 26 heteroatoms. The Morgan fingerprint density at radius 2 is 0.723 bits per heavy atom. The molecule has 7 aromatic heterocycles. The molecule has 119 heavy (non-hydrogen) atoms. The highest BCUT2D eigenvalue weighted by molar-refractivity contribution is 9.11. The fraction of sp³-hybridized carbons (Fsp3) is 0.204. The number of aromatic amines is 3. The Labute approximate surface area is 724 Å². The first-order valence-electron chi connectivity index (χ1n) is 37.3. The van der Waals surface area contributed by atoms with Crippen LogP contribution in [0.2, 0.25) is 0 Å². The summed E-state index contributed by atoms with van der Waals surface area (Å²) >= 11 is 13.6. The molecule has 6 aromatic carbocycles. The molecule has 13 aromatic rings.